The molecule has 2 N–H and O–H groups in total. The van der Waals surface area contributed by atoms with Crippen LogP contribution in [0.3, 0.4) is 0 Å². The van der Waals surface area contributed by atoms with E-state index in [2.05, 4.69) is 29.2 Å². The third-order valence-corrected chi connectivity index (χ3v) is 4.02. The van der Waals surface area contributed by atoms with Crippen LogP contribution in [0.4, 0.5) is 5.82 Å². The first kappa shape index (κ1) is 15.5. The Kier molecular flexibility index (Phi) is 5.64. The van der Waals surface area contributed by atoms with Crippen molar-refractivity contribution in [3.63, 3.8) is 0 Å². The number of rotatable bonds is 7. The summed E-state index contributed by atoms with van der Waals surface area (Å²) >= 11 is 6.22. The Morgan fingerprint density at radius 2 is 2.20 bits per heavy atom. The Morgan fingerprint density at radius 1 is 1.45 bits per heavy atom. The molecule has 112 valence electrons. The van der Waals surface area contributed by atoms with Crippen molar-refractivity contribution in [2.75, 3.05) is 25.5 Å². The van der Waals surface area contributed by atoms with Gasteiger partial charge in [-0.15, -0.1) is 0 Å². The van der Waals surface area contributed by atoms with Crippen LogP contribution in [0.1, 0.15) is 31.9 Å². The van der Waals surface area contributed by atoms with Gasteiger partial charge in [0.25, 0.3) is 0 Å². The molecule has 1 aromatic rings. The molecule has 5 heteroatoms. The predicted octanol–water partition coefficient (Wildman–Crippen LogP) is 2.76. The molecule has 1 heterocycles. The number of aromatic nitrogens is 1. The molecule has 0 saturated heterocycles. The second-order valence-corrected chi connectivity index (χ2v) is 6.15. The highest BCUT2D eigenvalue weighted by molar-refractivity contribution is 6.31. The van der Waals surface area contributed by atoms with E-state index in [-0.39, 0.29) is 6.10 Å². The Morgan fingerprint density at radius 3 is 2.85 bits per heavy atom. The summed E-state index contributed by atoms with van der Waals surface area (Å²) in [5, 5.41) is 13.3. The number of nitrogens with one attached hydrogen (secondary N) is 1. The van der Waals surface area contributed by atoms with Gasteiger partial charge in [0.1, 0.15) is 5.82 Å². The third-order valence-electron chi connectivity index (χ3n) is 3.68. The first-order chi connectivity index (χ1) is 9.58. The zero-order valence-electron chi connectivity index (χ0n) is 12.3. The van der Waals surface area contributed by atoms with Gasteiger partial charge in [-0.3, -0.25) is 0 Å². The molecule has 1 aliphatic carbocycles. The standard InChI is InChI=1S/C15H24ClN3O/c1-3-6-17-15-5-4-13(16)14(18-15)10-19(2)9-11-7-12(20)8-11/h4-5,11-12,20H,3,6-10H2,1-2H3,(H,17,18). The van der Waals surface area contributed by atoms with Crippen LogP contribution in [-0.2, 0) is 6.54 Å². The summed E-state index contributed by atoms with van der Waals surface area (Å²) in [6.07, 6.45) is 2.83. The summed E-state index contributed by atoms with van der Waals surface area (Å²) in [7, 11) is 2.08. The molecular formula is C15H24ClN3O. The van der Waals surface area contributed by atoms with Crippen molar-refractivity contribution in [1.29, 1.82) is 0 Å². The smallest absolute Gasteiger partial charge is 0.126 e. The maximum Gasteiger partial charge on any atom is 0.126 e. The molecule has 1 fully saturated rings. The van der Waals surface area contributed by atoms with Crippen LogP contribution in [0.25, 0.3) is 0 Å². The fourth-order valence-electron chi connectivity index (χ4n) is 2.56. The van der Waals surface area contributed by atoms with Crippen molar-refractivity contribution < 1.29 is 5.11 Å². The van der Waals surface area contributed by atoms with Crippen molar-refractivity contribution >= 4 is 17.4 Å². The Balaban J connectivity index is 1.89. The molecule has 0 amide bonds. The van der Waals surface area contributed by atoms with Crippen molar-refractivity contribution in [3.05, 3.63) is 22.8 Å². The normalized spacial score (nSPS) is 21.9. The first-order valence-corrected chi connectivity index (χ1v) is 7.72. The summed E-state index contributed by atoms with van der Waals surface area (Å²) < 4.78 is 0. The van der Waals surface area contributed by atoms with E-state index < -0.39 is 0 Å². The largest absolute Gasteiger partial charge is 0.393 e. The van der Waals surface area contributed by atoms with E-state index in [0.29, 0.717) is 10.9 Å². The minimum atomic E-state index is -0.0864. The maximum absolute atomic E-state index is 9.32. The van der Waals surface area contributed by atoms with Gasteiger partial charge in [0, 0.05) is 19.6 Å². The number of aliphatic hydroxyl groups is 1. The Labute approximate surface area is 126 Å². The molecule has 20 heavy (non-hydrogen) atoms. The van der Waals surface area contributed by atoms with E-state index in [9.17, 15) is 5.11 Å². The lowest BCUT2D eigenvalue weighted by Crippen LogP contribution is -2.37. The highest BCUT2D eigenvalue weighted by Crippen LogP contribution is 2.28. The van der Waals surface area contributed by atoms with Crippen LogP contribution in [0.15, 0.2) is 12.1 Å². The number of hydrogen-bond donors (Lipinski definition) is 2. The molecule has 0 aliphatic heterocycles. The van der Waals surface area contributed by atoms with Gasteiger partial charge in [-0.25, -0.2) is 4.98 Å². The summed E-state index contributed by atoms with van der Waals surface area (Å²) in [6.45, 7) is 4.78. The van der Waals surface area contributed by atoms with Crippen LogP contribution < -0.4 is 5.32 Å². The third kappa shape index (κ3) is 4.33. The summed E-state index contributed by atoms with van der Waals surface area (Å²) in [4.78, 5) is 6.81. The fraction of sp³-hybridized carbons (Fsp3) is 0.667. The quantitative estimate of drug-likeness (QED) is 0.812. The molecular weight excluding hydrogens is 274 g/mol. The van der Waals surface area contributed by atoms with Crippen molar-refractivity contribution in [3.8, 4) is 0 Å². The monoisotopic (exact) mass is 297 g/mol. The topological polar surface area (TPSA) is 48.4 Å². The zero-order valence-corrected chi connectivity index (χ0v) is 13.0. The molecule has 0 bridgehead atoms. The van der Waals surface area contributed by atoms with Crippen LogP contribution >= 0.6 is 11.6 Å². The Bertz CT molecular complexity index is 435. The van der Waals surface area contributed by atoms with E-state index in [1.807, 2.05) is 12.1 Å². The summed E-state index contributed by atoms with van der Waals surface area (Å²) in [5.74, 6) is 1.49. The van der Waals surface area contributed by atoms with E-state index in [4.69, 9.17) is 11.6 Å². The zero-order chi connectivity index (χ0) is 14.5. The average Bonchev–Trinajstić information content (AvgIpc) is 2.38. The highest BCUT2D eigenvalue weighted by Gasteiger charge is 2.28. The van der Waals surface area contributed by atoms with Crippen LogP contribution in [0.5, 0.6) is 0 Å². The molecule has 0 atom stereocenters. The number of halogens is 1. The van der Waals surface area contributed by atoms with Gasteiger partial charge in [-0.2, -0.15) is 0 Å². The lowest BCUT2D eigenvalue weighted by Gasteiger charge is -2.34. The van der Waals surface area contributed by atoms with Crippen molar-refractivity contribution in [1.82, 2.24) is 9.88 Å². The van der Waals surface area contributed by atoms with Crippen LogP contribution in [-0.4, -0.2) is 41.2 Å². The van der Waals surface area contributed by atoms with Crippen LogP contribution in [0.2, 0.25) is 5.02 Å². The maximum atomic E-state index is 9.32. The molecule has 0 aromatic carbocycles. The highest BCUT2D eigenvalue weighted by atomic mass is 35.5. The fourth-order valence-corrected chi connectivity index (χ4v) is 2.72. The average molecular weight is 298 g/mol. The van der Waals surface area contributed by atoms with Gasteiger partial charge in [0.2, 0.25) is 0 Å². The van der Waals surface area contributed by atoms with Gasteiger partial charge in [0.05, 0.1) is 16.8 Å². The molecule has 1 aromatic heterocycles. The van der Waals surface area contributed by atoms with E-state index >= 15 is 0 Å². The van der Waals surface area contributed by atoms with Gasteiger partial charge < -0.3 is 15.3 Å². The van der Waals surface area contributed by atoms with Crippen LogP contribution in [0, 0.1) is 5.92 Å². The summed E-state index contributed by atoms with van der Waals surface area (Å²) in [5.41, 5.74) is 0.912. The Hall–Kier alpha value is -0.840. The number of nitrogens with zero attached hydrogens (tertiary/aromatic N) is 2. The van der Waals surface area contributed by atoms with Gasteiger partial charge >= 0.3 is 0 Å². The first-order valence-electron chi connectivity index (χ1n) is 7.34. The minimum absolute atomic E-state index is 0.0864. The number of pyridine rings is 1. The van der Waals surface area contributed by atoms with Crippen molar-refractivity contribution in [2.24, 2.45) is 5.92 Å². The predicted molar refractivity (Wildman–Crippen MR) is 83.1 cm³/mol. The molecule has 2 rings (SSSR count). The van der Waals surface area contributed by atoms with Gasteiger partial charge in [0.15, 0.2) is 0 Å². The van der Waals surface area contributed by atoms with Gasteiger partial charge in [-0.1, -0.05) is 18.5 Å². The molecule has 4 nitrogen and oxygen atoms in total. The second kappa shape index (κ2) is 7.25. The minimum Gasteiger partial charge on any atom is -0.393 e. The van der Waals surface area contributed by atoms with E-state index in [0.717, 1.165) is 50.4 Å². The molecule has 0 radical (unpaired) electrons. The van der Waals surface area contributed by atoms with Gasteiger partial charge in [-0.05, 0) is 44.4 Å². The van der Waals surface area contributed by atoms with E-state index in [1.165, 1.54) is 0 Å². The SMILES string of the molecule is CCCNc1ccc(Cl)c(CN(C)CC2CC(O)C2)n1. The van der Waals surface area contributed by atoms with E-state index in [1.54, 1.807) is 0 Å². The number of hydrogen-bond acceptors (Lipinski definition) is 4. The summed E-state index contributed by atoms with van der Waals surface area (Å²) in [6, 6.07) is 3.83. The molecule has 0 spiro atoms. The van der Waals surface area contributed by atoms with Crippen molar-refractivity contribution in [2.45, 2.75) is 38.8 Å². The molecule has 0 unspecified atom stereocenters. The lowest BCUT2D eigenvalue weighted by molar-refractivity contribution is 0.0272. The molecule has 1 aliphatic rings. The number of anilines is 1. The lowest BCUT2D eigenvalue weighted by atomic mass is 9.82. The number of aliphatic hydroxyl groups excluding tert-OH is 1. The molecule has 1 saturated carbocycles. The second-order valence-electron chi connectivity index (χ2n) is 5.74.